The van der Waals surface area contributed by atoms with Crippen LogP contribution in [-0.2, 0) is 16.0 Å². The van der Waals surface area contributed by atoms with Gasteiger partial charge in [0.1, 0.15) is 34.1 Å². The molecule has 2 aliphatic heterocycles. The second-order valence-corrected chi connectivity index (χ2v) is 10.9. The summed E-state index contributed by atoms with van der Waals surface area (Å²) in [6.07, 6.45) is 2.08. The molecule has 0 amide bonds. The third-order valence-corrected chi connectivity index (χ3v) is 8.78. The largest absolute Gasteiger partial charge is 0.497 e. The molecule has 182 valence electrons. The van der Waals surface area contributed by atoms with E-state index in [1.165, 1.54) is 0 Å². The van der Waals surface area contributed by atoms with Crippen LogP contribution >= 0.6 is 0 Å². The van der Waals surface area contributed by atoms with E-state index in [4.69, 9.17) is 18.6 Å². The highest BCUT2D eigenvalue weighted by molar-refractivity contribution is 5.71. The highest BCUT2D eigenvalue weighted by Gasteiger charge is 2.69. The van der Waals surface area contributed by atoms with Crippen LogP contribution in [0.3, 0.4) is 0 Å². The molecule has 0 spiro atoms. The molecule has 0 radical (unpaired) electrons. The number of fused-ring (bicyclic) bond motifs is 4. The molecular formula is C27H32O7. The standard InChI is InChI=1S/C27H32O7/c1-24(2)27(30)13-12-26(4)21(25(27,3)11-10-22(28)34-24)14-18-20(33-26)15-19(32-23(18)29)16-6-8-17(31-5)9-7-16/h6-9,15,21,30H,10-14H2,1-5H3/t21-,25-,26-,27-/m1/s1. The van der Waals surface area contributed by atoms with Gasteiger partial charge in [-0.25, -0.2) is 4.79 Å². The first kappa shape index (κ1) is 23.0. The smallest absolute Gasteiger partial charge is 0.343 e. The maximum Gasteiger partial charge on any atom is 0.343 e. The average molecular weight is 469 g/mol. The molecule has 4 atom stereocenters. The summed E-state index contributed by atoms with van der Waals surface area (Å²) >= 11 is 0. The number of esters is 1. The second kappa shape index (κ2) is 7.35. The van der Waals surface area contributed by atoms with Crippen LogP contribution < -0.4 is 15.1 Å². The van der Waals surface area contributed by atoms with E-state index in [-0.39, 0.29) is 18.3 Å². The van der Waals surface area contributed by atoms with Crippen molar-refractivity contribution in [3.8, 4) is 22.8 Å². The van der Waals surface area contributed by atoms with Crippen LogP contribution in [0.5, 0.6) is 11.5 Å². The molecule has 1 aromatic heterocycles. The Morgan fingerprint density at radius 3 is 2.38 bits per heavy atom. The van der Waals surface area contributed by atoms with Crippen molar-refractivity contribution in [2.45, 2.75) is 76.6 Å². The predicted octanol–water partition coefficient (Wildman–Crippen LogP) is 4.27. The Balaban J connectivity index is 1.58. The number of carbonyl (C=O) groups is 1. The molecule has 5 rings (SSSR count). The number of hydrogen-bond donors (Lipinski definition) is 1. The van der Waals surface area contributed by atoms with Gasteiger partial charge in [0.15, 0.2) is 0 Å². The summed E-state index contributed by atoms with van der Waals surface area (Å²) in [4.78, 5) is 25.5. The number of ether oxygens (including phenoxy) is 3. The monoisotopic (exact) mass is 468 g/mol. The molecule has 7 heteroatoms. The highest BCUT2D eigenvalue weighted by atomic mass is 16.6. The lowest BCUT2D eigenvalue weighted by molar-refractivity contribution is -0.262. The van der Waals surface area contributed by atoms with Gasteiger partial charge in [0.25, 0.3) is 0 Å². The third kappa shape index (κ3) is 3.13. The van der Waals surface area contributed by atoms with Gasteiger partial charge in [-0.05, 0) is 70.7 Å². The van der Waals surface area contributed by atoms with Crippen LogP contribution in [0.2, 0.25) is 0 Å². The van der Waals surface area contributed by atoms with Gasteiger partial charge in [0.2, 0.25) is 0 Å². The lowest BCUT2D eigenvalue weighted by Gasteiger charge is -2.63. The maximum absolute atomic E-state index is 13.1. The average Bonchev–Trinajstić information content (AvgIpc) is 2.85. The Morgan fingerprint density at radius 1 is 1.00 bits per heavy atom. The Labute approximate surface area is 199 Å². The molecule has 3 aliphatic rings. The van der Waals surface area contributed by atoms with E-state index in [9.17, 15) is 14.7 Å². The Bertz CT molecular complexity index is 1200. The number of carbonyl (C=O) groups excluding carboxylic acids is 1. The zero-order chi connectivity index (χ0) is 24.5. The molecule has 7 nitrogen and oxygen atoms in total. The summed E-state index contributed by atoms with van der Waals surface area (Å²) in [6.45, 7) is 7.63. The molecule has 34 heavy (non-hydrogen) atoms. The minimum absolute atomic E-state index is 0.199. The number of aliphatic hydroxyl groups is 1. The van der Waals surface area contributed by atoms with Gasteiger partial charge in [-0.1, -0.05) is 6.92 Å². The van der Waals surface area contributed by atoms with E-state index in [0.29, 0.717) is 48.5 Å². The normalized spacial score (nSPS) is 33.9. The fourth-order valence-corrected chi connectivity index (χ4v) is 6.69. The first-order chi connectivity index (χ1) is 15.9. The predicted molar refractivity (Wildman–Crippen MR) is 125 cm³/mol. The number of methoxy groups -OCH3 is 1. The molecular weight excluding hydrogens is 436 g/mol. The van der Waals surface area contributed by atoms with Crippen molar-refractivity contribution in [3.63, 3.8) is 0 Å². The van der Waals surface area contributed by atoms with Crippen LogP contribution in [0.1, 0.15) is 58.9 Å². The summed E-state index contributed by atoms with van der Waals surface area (Å²) in [5, 5.41) is 12.0. The number of cyclic esters (lactones) is 1. The zero-order valence-electron chi connectivity index (χ0n) is 20.4. The van der Waals surface area contributed by atoms with Crippen molar-refractivity contribution in [1.82, 2.24) is 0 Å². The molecule has 2 aromatic rings. The van der Waals surface area contributed by atoms with Gasteiger partial charge in [0.05, 0.1) is 12.7 Å². The summed E-state index contributed by atoms with van der Waals surface area (Å²) in [6, 6.07) is 9.08. The lowest BCUT2D eigenvalue weighted by Crippen LogP contribution is -2.71. The van der Waals surface area contributed by atoms with Crippen molar-refractivity contribution >= 4 is 5.97 Å². The topological polar surface area (TPSA) is 95.2 Å². The van der Waals surface area contributed by atoms with Crippen molar-refractivity contribution in [3.05, 3.63) is 46.3 Å². The van der Waals surface area contributed by atoms with Crippen LogP contribution in [0, 0.1) is 11.3 Å². The van der Waals surface area contributed by atoms with Crippen molar-refractivity contribution in [1.29, 1.82) is 0 Å². The minimum Gasteiger partial charge on any atom is -0.497 e. The molecule has 0 bridgehead atoms. The number of hydrogen-bond acceptors (Lipinski definition) is 7. The fourth-order valence-electron chi connectivity index (χ4n) is 6.69. The zero-order valence-corrected chi connectivity index (χ0v) is 20.4. The molecule has 1 aliphatic carbocycles. The van der Waals surface area contributed by atoms with Crippen LogP contribution in [0.4, 0.5) is 0 Å². The van der Waals surface area contributed by atoms with Gasteiger partial charge >= 0.3 is 11.6 Å². The fraction of sp³-hybridized carbons (Fsp3) is 0.556. The van der Waals surface area contributed by atoms with E-state index in [1.807, 2.05) is 38.1 Å². The van der Waals surface area contributed by atoms with Gasteiger partial charge in [-0.2, -0.15) is 0 Å². The number of benzene rings is 1. The quantitative estimate of drug-likeness (QED) is 0.658. The summed E-state index contributed by atoms with van der Waals surface area (Å²) in [7, 11) is 1.60. The molecule has 1 saturated carbocycles. The van der Waals surface area contributed by atoms with Gasteiger partial charge in [-0.3, -0.25) is 4.79 Å². The third-order valence-electron chi connectivity index (χ3n) is 8.78. The Morgan fingerprint density at radius 2 is 1.71 bits per heavy atom. The van der Waals surface area contributed by atoms with Gasteiger partial charge in [0, 0.05) is 29.4 Å². The van der Waals surface area contributed by atoms with Crippen LogP contribution in [-0.4, -0.2) is 35.0 Å². The van der Waals surface area contributed by atoms with Crippen molar-refractivity contribution in [2.75, 3.05) is 7.11 Å². The second-order valence-electron chi connectivity index (χ2n) is 10.9. The van der Waals surface area contributed by atoms with Crippen LogP contribution in [0.25, 0.3) is 11.3 Å². The molecule has 3 heterocycles. The first-order valence-corrected chi connectivity index (χ1v) is 11.9. The molecule has 2 fully saturated rings. The van der Waals surface area contributed by atoms with Crippen LogP contribution in [0.15, 0.2) is 39.5 Å². The summed E-state index contributed by atoms with van der Waals surface area (Å²) in [5.41, 5.74) is -2.83. The van der Waals surface area contributed by atoms with Gasteiger partial charge < -0.3 is 23.7 Å². The molecule has 1 saturated heterocycles. The number of rotatable bonds is 2. The Hall–Kier alpha value is -2.80. The molecule has 0 unspecified atom stereocenters. The van der Waals surface area contributed by atoms with Gasteiger partial charge in [-0.15, -0.1) is 0 Å². The van der Waals surface area contributed by atoms with E-state index in [1.54, 1.807) is 27.0 Å². The minimum atomic E-state index is -1.25. The SMILES string of the molecule is COc1ccc(-c2cc3c(c(=O)o2)C[C@H]2[C@@](C)(CC[C@@]4(O)C(C)(C)OC(=O)CC[C@]24C)O3)cc1. The van der Waals surface area contributed by atoms with E-state index < -0.39 is 27.8 Å². The van der Waals surface area contributed by atoms with E-state index in [2.05, 4.69) is 0 Å². The molecule has 1 aromatic carbocycles. The lowest BCUT2D eigenvalue weighted by atomic mass is 9.47. The highest BCUT2D eigenvalue weighted by Crippen LogP contribution is 2.63. The molecule has 1 N–H and O–H groups in total. The maximum atomic E-state index is 13.1. The van der Waals surface area contributed by atoms with E-state index in [0.717, 1.165) is 5.56 Å². The first-order valence-electron chi connectivity index (χ1n) is 11.9. The summed E-state index contributed by atoms with van der Waals surface area (Å²) in [5.74, 6) is 1.16. The van der Waals surface area contributed by atoms with Crippen molar-refractivity contribution < 1.29 is 28.5 Å². The Kier molecular flexibility index (Phi) is 4.96. The summed E-state index contributed by atoms with van der Waals surface area (Å²) < 4.78 is 23.2. The van der Waals surface area contributed by atoms with E-state index >= 15 is 0 Å². The van der Waals surface area contributed by atoms with Crippen molar-refractivity contribution in [2.24, 2.45) is 11.3 Å².